The van der Waals surface area contributed by atoms with Gasteiger partial charge in [-0.05, 0) is 39.2 Å². The van der Waals surface area contributed by atoms with Crippen molar-refractivity contribution in [2.75, 3.05) is 13.1 Å². The van der Waals surface area contributed by atoms with Gasteiger partial charge in [-0.15, -0.1) is 0 Å². The molecule has 1 saturated heterocycles. The normalized spacial score (nSPS) is 23.2. The lowest BCUT2D eigenvalue weighted by Crippen LogP contribution is -2.52. The molecule has 6 heteroatoms. The van der Waals surface area contributed by atoms with Crippen molar-refractivity contribution in [3.8, 4) is 0 Å². The molecule has 1 aliphatic rings. The van der Waals surface area contributed by atoms with Crippen LogP contribution in [0.2, 0.25) is 0 Å². The second-order valence-corrected chi connectivity index (χ2v) is 7.87. The van der Waals surface area contributed by atoms with Gasteiger partial charge in [0.25, 0.3) is 0 Å². The predicted octanol–water partition coefficient (Wildman–Crippen LogP) is 3.56. The fourth-order valence-corrected chi connectivity index (χ4v) is 2.80. The van der Waals surface area contributed by atoms with Gasteiger partial charge >= 0.3 is 12.2 Å². The fourth-order valence-electron chi connectivity index (χ4n) is 2.80. The summed E-state index contributed by atoms with van der Waals surface area (Å²) in [7, 11) is 0. The number of hydrogen-bond acceptors (Lipinski definition) is 4. The van der Waals surface area contributed by atoms with E-state index in [1.807, 2.05) is 65.0 Å². The molecule has 0 aromatic heterocycles. The van der Waals surface area contributed by atoms with Crippen molar-refractivity contribution < 1.29 is 19.1 Å². The number of amides is 2. The Hall–Kier alpha value is -2.24. The van der Waals surface area contributed by atoms with Crippen LogP contribution in [0.3, 0.4) is 0 Å². The lowest BCUT2D eigenvalue weighted by molar-refractivity contribution is 0.0445. The van der Waals surface area contributed by atoms with E-state index in [1.165, 1.54) is 0 Å². The first-order valence-electron chi connectivity index (χ1n) is 8.56. The van der Waals surface area contributed by atoms with Crippen LogP contribution < -0.4 is 5.32 Å². The summed E-state index contributed by atoms with van der Waals surface area (Å²) in [6, 6.07) is 9.55. The van der Waals surface area contributed by atoms with Crippen LogP contribution in [0.4, 0.5) is 9.59 Å². The van der Waals surface area contributed by atoms with Crippen molar-refractivity contribution in [1.82, 2.24) is 10.2 Å². The zero-order valence-electron chi connectivity index (χ0n) is 15.7. The monoisotopic (exact) mass is 348 g/mol. The summed E-state index contributed by atoms with van der Waals surface area (Å²) < 4.78 is 10.7. The summed E-state index contributed by atoms with van der Waals surface area (Å²) in [6.07, 6.45) is -0.841. The molecule has 25 heavy (non-hydrogen) atoms. The Kier molecular flexibility index (Phi) is 5.60. The second-order valence-electron chi connectivity index (χ2n) is 7.87. The van der Waals surface area contributed by atoms with Crippen LogP contribution in [0.25, 0.3) is 0 Å². The average Bonchev–Trinajstić information content (AvgIpc) is 2.79. The molecular formula is C19H28N2O4. The van der Waals surface area contributed by atoms with E-state index >= 15 is 0 Å². The van der Waals surface area contributed by atoms with Crippen LogP contribution >= 0.6 is 0 Å². The summed E-state index contributed by atoms with van der Waals surface area (Å²) in [5.74, 6) is 0.0873. The molecule has 138 valence electrons. The van der Waals surface area contributed by atoms with Gasteiger partial charge in [-0.3, -0.25) is 0 Å². The third-order valence-corrected chi connectivity index (χ3v) is 4.35. The summed E-state index contributed by atoms with van der Waals surface area (Å²) in [5, 5.41) is 2.91. The lowest BCUT2D eigenvalue weighted by Gasteiger charge is -2.31. The molecule has 2 unspecified atom stereocenters. The van der Waals surface area contributed by atoms with Gasteiger partial charge in [0.05, 0.1) is 5.54 Å². The maximum Gasteiger partial charge on any atom is 0.410 e. The molecule has 0 saturated carbocycles. The summed E-state index contributed by atoms with van der Waals surface area (Å²) in [4.78, 5) is 26.0. The first-order valence-corrected chi connectivity index (χ1v) is 8.56. The van der Waals surface area contributed by atoms with Crippen molar-refractivity contribution in [3.05, 3.63) is 35.9 Å². The molecule has 1 aromatic carbocycles. The van der Waals surface area contributed by atoms with Crippen LogP contribution in [-0.4, -0.2) is 41.3 Å². The van der Waals surface area contributed by atoms with E-state index in [1.54, 1.807) is 4.90 Å². The molecule has 1 heterocycles. The van der Waals surface area contributed by atoms with Gasteiger partial charge in [0, 0.05) is 13.1 Å². The number of nitrogens with zero attached hydrogens (tertiary/aromatic N) is 1. The minimum Gasteiger partial charge on any atom is -0.445 e. The third kappa shape index (κ3) is 5.37. The zero-order valence-corrected chi connectivity index (χ0v) is 15.7. The van der Waals surface area contributed by atoms with Crippen molar-refractivity contribution >= 4 is 12.2 Å². The van der Waals surface area contributed by atoms with Gasteiger partial charge in [0.1, 0.15) is 12.2 Å². The van der Waals surface area contributed by atoms with Crippen LogP contribution in [0.15, 0.2) is 30.3 Å². The van der Waals surface area contributed by atoms with Crippen molar-refractivity contribution in [1.29, 1.82) is 0 Å². The Morgan fingerprint density at radius 1 is 1.28 bits per heavy atom. The molecule has 1 fully saturated rings. The molecule has 0 radical (unpaired) electrons. The number of ether oxygens (including phenoxy) is 2. The average molecular weight is 348 g/mol. The number of hydrogen-bond donors (Lipinski definition) is 1. The van der Waals surface area contributed by atoms with Gasteiger partial charge in [0.2, 0.25) is 0 Å². The minimum absolute atomic E-state index is 0.0873. The fraction of sp³-hybridized carbons (Fsp3) is 0.579. The van der Waals surface area contributed by atoms with Crippen molar-refractivity contribution in [2.45, 2.75) is 52.4 Å². The first kappa shape index (κ1) is 19.1. The summed E-state index contributed by atoms with van der Waals surface area (Å²) in [6.45, 7) is 10.5. The van der Waals surface area contributed by atoms with Gasteiger partial charge in [-0.25, -0.2) is 9.59 Å². The Labute approximate surface area is 149 Å². The Bertz CT molecular complexity index is 612. The molecule has 2 rings (SSSR count). The second kappa shape index (κ2) is 7.33. The maximum absolute atomic E-state index is 12.3. The number of likely N-dealkylation sites (tertiary alicyclic amines) is 1. The largest absolute Gasteiger partial charge is 0.445 e. The molecule has 0 bridgehead atoms. The highest BCUT2D eigenvalue weighted by Gasteiger charge is 2.44. The van der Waals surface area contributed by atoms with E-state index < -0.39 is 17.2 Å². The zero-order chi connectivity index (χ0) is 18.7. The van der Waals surface area contributed by atoms with Crippen molar-refractivity contribution in [3.63, 3.8) is 0 Å². The Morgan fingerprint density at radius 3 is 2.52 bits per heavy atom. The standard InChI is InChI=1S/C19H28N2O4/c1-14-11-21(17(23)24-12-15-9-7-6-8-10-15)13-19(14,5)20-16(22)25-18(2,3)4/h6-10,14H,11-13H2,1-5H3,(H,20,22). The molecule has 2 amide bonds. The van der Waals surface area contributed by atoms with Gasteiger partial charge in [0.15, 0.2) is 0 Å². The molecule has 1 N–H and O–H groups in total. The van der Waals surface area contributed by atoms with Crippen LogP contribution in [0, 0.1) is 5.92 Å². The molecule has 2 atom stereocenters. The van der Waals surface area contributed by atoms with Gasteiger partial charge in [-0.2, -0.15) is 0 Å². The maximum atomic E-state index is 12.3. The third-order valence-electron chi connectivity index (χ3n) is 4.35. The summed E-state index contributed by atoms with van der Waals surface area (Å²) >= 11 is 0. The lowest BCUT2D eigenvalue weighted by atomic mass is 9.91. The number of benzene rings is 1. The minimum atomic E-state index is -0.559. The number of alkyl carbamates (subject to hydrolysis) is 1. The number of carbonyl (C=O) groups is 2. The van der Waals surface area contributed by atoms with Crippen LogP contribution in [-0.2, 0) is 16.1 Å². The van der Waals surface area contributed by atoms with E-state index in [4.69, 9.17) is 9.47 Å². The highest BCUT2D eigenvalue weighted by atomic mass is 16.6. The Balaban J connectivity index is 1.90. The Morgan fingerprint density at radius 2 is 1.92 bits per heavy atom. The van der Waals surface area contributed by atoms with E-state index in [0.29, 0.717) is 13.1 Å². The van der Waals surface area contributed by atoms with Gasteiger partial charge in [-0.1, -0.05) is 37.3 Å². The van der Waals surface area contributed by atoms with Crippen LogP contribution in [0.5, 0.6) is 0 Å². The number of rotatable bonds is 3. The van der Waals surface area contributed by atoms with E-state index in [0.717, 1.165) is 5.56 Å². The molecule has 6 nitrogen and oxygen atoms in total. The van der Waals surface area contributed by atoms with E-state index in [9.17, 15) is 9.59 Å². The predicted molar refractivity (Wildman–Crippen MR) is 95.1 cm³/mol. The molecule has 0 aliphatic carbocycles. The molecule has 0 spiro atoms. The molecular weight excluding hydrogens is 320 g/mol. The highest BCUT2D eigenvalue weighted by Crippen LogP contribution is 2.28. The highest BCUT2D eigenvalue weighted by molar-refractivity contribution is 5.71. The topological polar surface area (TPSA) is 67.9 Å². The number of carbonyl (C=O) groups excluding carboxylic acids is 2. The van der Waals surface area contributed by atoms with Gasteiger partial charge < -0.3 is 19.7 Å². The van der Waals surface area contributed by atoms with Crippen LogP contribution in [0.1, 0.15) is 40.2 Å². The smallest absolute Gasteiger partial charge is 0.410 e. The first-order chi connectivity index (χ1) is 11.6. The summed E-state index contributed by atoms with van der Waals surface area (Å²) in [5.41, 5.74) is -0.164. The SMILES string of the molecule is CC1CN(C(=O)OCc2ccccc2)CC1(C)NC(=O)OC(C)(C)C. The quantitative estimate of drug-likeness (QED) is 0.907. The van der Waals surface area contributed by atoms with E-state index in [2.05, 4.69) is 5.32 Å². The number of nitrogens with one attached hydrogen (secondary N) is 1. The van der Waals surface area contributed by atoms with E-state index in [-0.39, 0.29) is 18.6 Å². The molecule has 1 aromatic rings. The molecule has 1 aliphatic heterocycles. The van der Waals surface area contributed by atoms with Crippen molar-refractivity contribution in [2.24, 2.45) is 5.92 Å².